The Morgan fingerprint density at radius 3 is 3.04 bits per heavy atom. The van der Waals surface area contributed by atoms with Gasteiger partial charge in [-0.05, 0) is 61.1 Å². The number of carbonyl (C=O) groups is 1. The summed E-state index contributed by atoms with van der Waals surface area (Å²) in [6, 6.07) is 13.1. The second-order valence-electron chi connectivity index (χ2n) is 7.96. The van der Waals surface area contributed by atoms with Crippen molar-refractivity contribution in [2.45, 2.75) is 25.8 Å². The summed E-state index contributed by atoms with van der Waals surface area (Å²) in [4.78, 5) is 25.1. The number of fused-ring (bicyclic) bond motifs is 1. The Bertz CT molecular complexity index is 1090. The molecule has 5 rings (SSSR count). The Kier molecular flexibility index (Phi) is 4.05. The first kappa shape index (κ1) is 17.2. The summed E-state index contributed by atoms with van der Waals surface area (Å²) in [5.41, 5.74) is 2.31. The van der Waals surface area contributed by atoms with Crippen LogP contribution in [0.1, 0.15) is 24.8 Å². The van der Waals surface area contributed by atoms with Crippen molar-refractivity contribution in [2.24, 2.45) is 11.3 Å². The van der Waals surface area contributed by atoms with Gasteiger partial charge in [0.25, 0.3) is 0 Å². The molecule has 1 amide bonds. The zero-order chi connectivity index (χ0) is 19.1. The minimum absolute atomic E-state index is 0.102. The van der Waals surface area contributed by atoms with Crippen LogP contribution in [0.3, 0.4) is 0 Å². The van der Waals surface area contributed by atoms with E-state index >= 15 is 0 Å². The van der Waals surface area contributed by atoms with Crippen molar-refractivity contribution in [2.75, 3.05) is 18.4 Å². The summed E-state index contributed by atoms with van der Waals surface area (Å²) in [6.45, 7) is 2.37. The molecule has 1 aromatic carbocycles. The van der Waals surface area contributed by atoms with E-state index in [1.54, 1.807) is 12.3 Å². The molecule has 1 spiro atoms. The van der Waals surface area contributed by atoms with E-state index in [4.69, 9.17) is 0 Å². The summed E-state index contributed by atoms with van der Waals surface area (Å²) in [7, 11) is 0. The van der Waals surface area contributed by atoms with Gasteiger partial charge in [0.05, 0.1) is 6.54 Å². The average molecular weight is 377 g/mol. The Morgan fingerprint density at radius 2 is 2.21 bits per heavy atom. The number of hydrogen-bond donors (Lipinski definition) is 2. The van der Waals surface area contributed by atoms with E-state index in [9.17, 15) is 9.59 Å². The molecule has 0 bridgehead atoms. The molecule has 2 N–H and O–H groups in total. The molecule has 3 aromatic rings. The van der Waals surface area contributed by atoms with Gasteiger partial charge in [-0.25, -0.2) is 9.48 Å². The van der Waals surface area contributed by atoms with Crippen LogP contribution in [0.5, 0.6) is 0 Å². The first-order chi connectivity index (χ1) is 13.6. The molecule has 1 saturated carbocycles. The van der Waals surface area contributed by atoms with Gasteiger partial charge >= 0.3 is 5.69 Å². The SMILES string of the molecule is O=C(Nc1cccc(Cn2nc3ccccn3c2=O)c1)C1CC12CCCNC2. The van der Waals surface area contributed by atoms with Crippen LogP contribution in [0.15, 0.2) is 53.5 Å². The van der Waals surface area contributed by atoms with Gasteiger partial charge in [-0.15, -0.1) is 5.10 Å². The van der Waals surface area contributed by atoms with Crippen LogP contribution in [-0.4, -0.2) is 33.2 Å². The quantitative estimate of drug-likeness (QED) is 0.727. The Hall–Kier alpha value is -2.93. The van der Waals surface area contributed by atoms with Gasteiger partial charge in [0.1, 0.15) is 0 Å². The van der Waals surface area contributed by atoms with Gasteiger partial charge in [-0.1, -0.05) is 18.2 Å². The van der Waals surface area contributed by atoms with Crippen molar-refractivity contribution >= 4 is 17.2 Å². The number of carbonyl (C=O) groups excluding carboxylic acids is 1. The number of nitrogens with zero attached hydrogens (tertiary/aromatic N) is 3. The molecular formula is C21H23N5O2. The normalized spacial score (nSPS) is 23.8. The highest BCUT2D eigenvalue weighted by Crippen LogP contribution is 2.56. The number of amides is 1. The number of anilines is 1. The van der Waals surface area contributed by atoms with E-state index in [0.717, 1.165) is 43.6 Å². The molecule has 7 nitrogen and oxygen atoms in total. The number of pyridine rings is 1. The molecule has 1 saturated heterocycles. The van der Waals surface area contributed by atoms with Crippen LogP contribution in [0, 0.1) is 11.3 Å². The van der Waals surface area contributed by atoms with Gasteiger partial charge in [0.2, 0.25) is 5.91 Å². The molecule has 2 aromatic heterocycles. The van der Waals surface area contributed by atoms with Crippen LogP contribution in [-0.2, 0) is 11.3 Å². The molecule has 3 heterocycles. The predicted molar refractivity (Wildman–Crippen MR) is 106 cm³/mol. The van der Waals surface area contributed by atoms with Crippen molar-refractivity contribution in [3.63, 3.8) is 0 Å². The largest absolute Gasteiger partial charge is 0.350 e. The third-order valence-electron chi connectivity index (χ3n) is 6.03. The van der Waals surface area contributed by atoms with Crippen molar-refractivity contribution < 1.29 is 4.79 Å². The zero-order valence-corrected chi connectivity index (χ0v) is 15.6. The van der Waals surface area contributed by atoms with Crippen LogP contribution >= 0.6 is 0 Å². The fraction of sp³-hybridized carbons (Fsp3) is 0.381. The van der Waals surface area contributed by atoms with Gasteiger partial charge < -0.3 is 10.6 Å². The molecule has 2 fully saturated rings. The number of benzene rings is 1. The summed E-state index contributed by atoms with van der Waals surface area (Å²) < 4.78 is 2.97. The summed E-state index contributed by atoms with van der Waals surface area (Å²) in [5, 5.41) is 10.8. The van der Waals surface area contributed by atoms with E-state index in [0.29, 0.717) is 12.2 Å². The fourth-order valence-electron chi connectivity index (χ4n) is 4.40. The lowest BCUT2D eigenvalue weighted by atomic mass is 9.93. The lowest BCUT2D eigenvalue weighted by Crippen LogP contribution is -2.34. The Morgan fingerprint density at radius 1 is 1.29 bits per heavy atom. The van der Waals surface area contributed by atoms with E-state index in [1.165, 1.54) is 9.08 Å². The van der Waals surface area contributed by atoms with Crippen LogP contribution in [0.25, 0.3) is 5.65 Å². The first-order valence-corrected chi connectivity index (χ1v) is 9.79. The second kappa shape index (κ2) is 6.60. The topological polar surface area (TPSA) is 80.4 Å². The number of hydrogen-bond acceptors (Lipinski definition) is 4. The Balaban J connectivity index is 1.30. The molecule has 7 heteroatoms. The van der Waals surface area contributed by atoms with Crippen LogP contribution < -0.4 is 16.3 Å². The highest BCUT2D eigenvalue weighted by Gasteiger charge is 2.57. The highest BCUT2D eigenvalue weighted by atomic mass is 16.2. The standard InChI is InChI=1S/C21H23N5O2/c27-19(17-12-21(17)8-4-9-22-14-21)23-16-6-3-5-15(11-16)13-26-20(28)25-10-2-1-7-18(25)24-26/h1-3,5-7,10-11,17,22H,4,8-9,12-14H2,(H,23,27). The molecule has 1 aliphatic carbocycles. The third-order valence-corrected chi connectivity index (χ3v) is 6.03. The number of aromatic nitrogens is 3. The zero-order valence-electron chi connectivity index (χ0n) is 15.6. The van der Waals surface area contributed by atoms with E-state index in [1.807, 2.05) is 36.4 Å². The number of nitrogens with one attached hydrogen (secondary N) is 2. The van der Waals surface area contributed by atoms with E-state index in [2.05, 4.69) is 15.7 Å². The molecule has 144 valence electrons. The van der Waals surface area contributed by atoms with Crippen LogP contribution in [0.4, 0.5) is 5.69 Å². The molecule has 1 aliphatic heterocycles. The van der Waals surface area contributed by atoms with E-state index < -0.39 is 0 Å². The smallest absolute Gasteiger partial charge is 0.326 e. The lowest BCUT2D eigenvalue weighted by Gasteiger charge is -2.23. The fourth-order valence-corrected chi connectivity index (χ4v) is 4.40. The third kappa shape index (κ3) is 3.01. The molecule has 0 radical (unpaired) electrons. The van der Waals surface area contributed by atoms with Gasteiger partial charge in [0, 0.05) is 24.3 Å². The van der Waals surface area contributed by atoms with Gasteiger partial charge in [-0.3, -0.25) is 9.20 Å². The predicted octanol–water partition coefficient (Wildman–Crippen LogP) is 1.87. The first-order valence-electron chi connectivity index (χ1n) is 9.79. The van der Waals surface area contributed by atoms with Gasteiger partial charge in [0.15, 0.2) is 5.65 Å². The van der Waals surface area contributed by atoms with Crippen molar-refractivity contribution in [3.8, 4) is 0 Å². The maximum Gasteiger partial charge on any atom is 0.350 e. The summed E-state index contributed by atoms with van der Waals surface area (Å²) in [6.07, 6.45) is 4.97. The number of rotatable bonds is 4. The van der Waals surface area contributed by atoms with E-state index in [-0.39, 0.29) is 22.9 Å². The highest BCUT2D eigenvalue weighted by molar-refractivity contribution is 5.95. The lowest BCUT2D eigenvalue weighted by molar-refractivity contribution is -0.118. The monoisotopic (exact) mass is 377 g/mol. The maximum absolute atomic E-state index is 12.7. The van der Waals surface area contributed by atoms with Crippen molar-refractivity contribution in [3.05, 3.63) is 64.7 Å². The minimum atomic E-state index is -0.172. The summed E-state index contributed by atoms with van der Waals surface area (Å²) >= 11 is 0. The van der Waals surface area contributed by atoms with Crippen LogP contribution in [0.2, 0.25) is 0 Å². The maximum atomic E-state index is 12.7. The van der Waals surface area contributed by atoms with Gasteiger partial charge in [-0.2, -0.15) is 0 Å². The molecule has 2 aliphatic rings. The second-order valence-corrected chi connectivity index (χ2v) is 7.96. The molecule has 2 atom stereocenters. The Labute approximate surface area is 162 Å². The average Bonchev–Trinajstić information content (AvgIpc) is 3.31. The van der Waals surface area contributed by atoms with Crippen molar-refractivity contribution in [1.82, 2.24) is 19.5 Å². The molecular weight excluding hydrogens is 354 g/mol. The number of piperidine rings is 1. The van der Waals surface area contributed by atoms with Crippen molar-refractivity contribution in [1.29, 1.82) is 0 Å². The summed E-state index contributed by atoms with van der Waals surface area (Å²) in [5.74, 6) is 0.204. The minimum Gasteiger partial charge on any atom is -0.326 e. The molecule has 28 heavy (non-hydrogen) atoms. The molecule has 2 unspecified atom stereocenters.